The van der Waals surface area contributed by atoms with Crippen molar-refractivity contribution in [3.63, 3.8) is 0 Å². The Morgan fingerprint density at radius 3 is 2.95 bits per heavy atom. The summed E-state index contributed by atoms with van der Waals surface area (Å²) in [4.78, 5) is 16.2. The van der Waals surface area contributed by atoms with Crippen molar-refractivity contribution in [1.29, 1.82) is 0 Å². The minimum atomic E-state index is -0.390. The van der Waals surface area contributed by atoms with Crippen molar-refractivity contribution in [3.05, 3.63) is 39.9 Å². The molecule has 0 aliphatic carbocycles. The van der Waals surface area contributed by atoms with Crippen LogP contribution >= 0.6 is 0 Å². The zero-order valence-corrected chi connectivity index (χ0v) is 11.5. The number of non-ortho nitro benzene ring substituents is 1. The second kappa shape index (κ2) is 7.72. The molecule has 20 heavy (non-hydrogen) atoms. The largest absolute Gasteiger partial charge is 0.370 e. The van der Waals surface area contributed by atoms with E-state index in [0.29, 0.717) is 0 Å². The number of hydrogen-bond donors (Lipinski definition) is 1. The van der Waals surface area contributed by atoms with Gasteiger partial charge in [-0.3, -0.25) is 15.1 Å². The molecule has 1 aliphatic rings. The van der Waals surface area contributed by atoms with Crippen LogP contribution in [0.2, 0.25) is 0 Å². The molecule has 108 valence electrons. The van der Waals surface area contributed by atoms with E-state index in [2.05, 4.69) is 4.99 Å². The molecule has 0 bridgehead atoms. The maximum absolute atomic E-state index is 10.7. The third-order valence-electron chi connectivity index (χ3n) is 3.34. The second-order valence-corrected chi connectivity index (χ2v) is 4.85. The average molecular weight is 278 g/mol. The number of nitro benzene ring substituents is 1. The van der Waals surface area contributed by atoms with E-state index in [4.69, 9.17) is 4.74 Å². The monoisotopic (exact) mass is 278 g/mol. The predicted octanol–water partition coefficient (Wildman–Crippen LogP) is 0.319. The van der Waals surface area contributed by atoms with Crippen molar-refractivity contribution >= 4 is 11.9 Å². The van der Waals surface area contributed by atoms with Gasteiger partial charge in [0.15, 0.2) is 0 Å². The Morgan fingerprint density at radius 1 is 1.40 bits per heavy atom. The fourth-order valence-corrected chi connectivity index (χ4v) is 2.22. The molecule has 0 spiro atoms. The highest BCUT2D eigenvalue weighted by Gasteiger charge is 2.12. The van der Waals surface area contributed by atoms with Gasteiger partial charge in [0, 0.05) is 31.3 Å². The number of nitrogens with one attached hydrogen (secondary N) is 1. The second-order valence-electron chi connectivity index (χ2n) is 4.85. The Labute approximate surface area is 118 Å². The minimum absolute atomic E-state index is 0.103. The van der Waals surface area contributed by atoms with Gasteiger partial charge in [0.05, 0.1) is 24.7 Å². The van der Waals surface area contributed by atoms with Crippen LogP contribution in [-0.4, -0.2) is 50.5 Å². The number of nitro groups is 1. The average Bonchev–Trinajstić information content (AvgIpc) is 2.48. The number of quaternary nitrogens is 1. The zero-order chi connectivity index (χ0) is 14.2. The van der Waals surface area contributed by atoms with Crippen LogP contribution in [0.15, 0.2) is 29.3 Å². The SMILES string of the molecule is O=[N+]([O-])c1cccc(C=NCCC[NH+]2CCOCC2)c1. The fraction of sp³-hybridized carbons (Fsp3) is 0.500. The zero-order valence-electron chi connectivity index (χ0n) is 11.5. The maximum Gasteiger partial charge on any atom is 0.270 e. The van der Waals surface area contributed by atoms with Gasteiger partial charge in [-0.2, -0.15) is 0 Å². The normalized spacial score (nSPS) is 16.6. The molecule has 1 aromatic carbocycles. The summed E-state index contributed by atoms with van der Waals surface area (Å²) >= 11 is 0. The molecule has 6 nitrogen and oxygen atoms in total. The summed E-state index contributed by atoms with van der Waals surface area (Å²) in [6.07, 6.45) is 2.74. The van der Waals surface area contributed by atoms with Gasteiger partial charge in [0.1, 0.15) is 13.1 Å². The first-order valence-electron chi connectivity index (χ1n) is 6.91. The molecule has 1 N–H and O–H groups in total. The maximum atomic E-state index is 10.7. The van der Waals surface area contributed by atoms with Crippen molar-refractivity contribution in [3.8, 4) is 0 Å². The third-order valence-corrected chi connectivity index (χ3v) is 3.34. The van der Waals surface area contributed by atoms with Gasteiger partial charge in [-0.25, -0.2) is 0 Å². The topological polar surface area (TPSA) is 69.2 Å². The van der Waals surface area contributed by atoms with Gasteiger partial charge < -0.3 is 9.64 Å². The van der Waals surface area contributed by atoms with E-state index in [9.17, 15) is 10.1 Å². The summed E-state index contributed by atoms with van der Waals surface area (Å²) < 4.78 is 5.31. The molecule has 0 unspecified atom stereocenters. The lowest BCUT2D eigenvalue weighted by atomic mass is 10.2. The van der Waals surface area contributed by atoms with Crippen molar-refractivity contribution < 1.29 is 14.6 Å². The molecule has 0 amide bonds. The number of rotatable bonds is 6. The highest BCUT2D eigenvalue weighted by molar-refractivity contribution is 5.80. The highest BCUT2D eigenvalue weighted by Crippen LogP contribution is 2.11. The van der Waals surface area contributed by atoms with Crippen LogP contribution in [-0.2, 0) is 4.74 Å². The Morgan fingerprint density at radius 2 is 2.20 bits per heavy atom. The van der Waals surface area contributed by atoms with E-state index >= 15 is 0 Å². The molecule has 0 atom stereocenters. The number of morpholine rings is 1. The first-order chi connectivity index (χ1) is 9.75. The fourth-order valence-electron chi connectivity index (χ4n) is 2.22. The van der Waals surface area contributed by atoms with Crippen molar-refractivity contribution in [2.45, 2.75) is 6.42 Å². The number of benzene rings is 1. The molecule has 1 fully saturated rings. The van der Waals surface area contributed by atoms with Crippen LogP contribution in [0.5, 0.6) is 0 Å². The summed E-state index contributed by atoms with van der Waals surface area (Å²) in [6.45, 7) is 5.73. The van der Waals surface area contributed by atoms with Crippen molar-refractivity contribution in [1.82, 2.24) is 0 Å². The minimum Gasteiger partial charge on any atom is -0.370 e. The van der Waals surface area contributed by atoms with Gasteiger partial charge in [-0.1, -0.05) is 12.1 Å². The predicted molar refractivity (Wildman–Crippen MR) is 76.6 cm³/mol. The van der Waals surface area contributed by atoms with Crippen LogP contribution in [0.25, 0.3) is 0 Å². The molecular weight excluding hydrogens is 258 g/mol. The first kappa shape index (κ1) is 14.6. The molecule has 2 rings (SSSR count). The number of hydrogen-bond acceptors (Lipinski definition) is 4. The highest BCUT2D eigenvalue weighted by atomic mass is 16.6. The number of aliphatic imine (C=N–C) groups is 1. The molecular formula is C14H20N3O3+. The van der Waals surface area contributed by atoms with Gasteiger partial charge in [-0.15, -0.1) is 0 Å². The lowest BCUT2D eigenvalue weighted by Gasteiger charge is -2.23. The van der Waals surface area contributed by atoms with Crippen LogP contribution in [0.1, 0.15) is 12.0 Å². The van der Waals surface area contributed by atoms with E-state index in [-0.39, 0.29) is 10.6 Å². The Balaban J connectivity index is 1.72. The quantitative estimate of drug-likeness (QED) is 0.352. The standard InChI is InChI=1S/C14H19N3O3/c18-17(19)14-4-1-3-13(11-14)12-15-5-2-6-16-7-9-20-10-8-16/h1,3-4,11-12H,2,5-10H2/p+1. The van der Waals surface area contributed by atoms with Crippen LogP contribution < -0.4 is 4.90 Å². The van der Waals surface area contributed by atoms with Gasteiger partial charge in [0.25, 0.3) is 5.69 Å². The molecule has 1 heterocycles. The molecule has 0 saturated carbocycles. The van der Waals surface area contributed by atoms with E-state index < -0.39 is 0 Å². The number of ether oxygens (including phenoxy) is 1. The smallest absolute Gasteiger partial charge is 0.270 e. The van der Waals surface area contributed by atoms with Crippen molar-refractivity contribution in [2.75, 3.05) is 39.4 Å². The first-order valence-corrected chi connectivity index (χ1v) is 6.91. The molecule has 0 radical (unpaired) electrons. The molecule has 1 saturated heterocycles. The third kappa shape index (κ3) is 4.71. The summed E-state index contributed by atoms with van der Waals surface area (Å²) in [7, 11) is 0. The Bertz CT molecular complexity index is 470. The van der Waals surface area contributed by atoms with E-state index in [1.54, 1.807) is 17.2 Å². The molecule has 1 aromatic rings. The van der Waals surface area contributed by atoms with Crippen LogP contribution in [0.4, 0.5) is 5.69 Å². The van der Waals surface area contributed by atoms with Crippen LogP contribution in [0.3, 0.4) is 0 Å². The summed E-state index contributed by atoms with van der Waals surface area (Å²) in [5, 5.41) is 10.7. The summed E-state index contributed by atoms with van der Waals surface area (Å²) in [6, 6.07) is 6.52. The van der Waals surface area contributed by atoms with E-state index in [0.717, 1.165) is 51.4 Å². The van der Waals surface area contributed by atoms with Gasteiger partial charge >= 0.3 is 0 Å². The number of nitrogens with zero attached hydrogens (tertiary/aromatic N) is 2. The van der Waals surface area contributed by atoms with Gasteiger partial charge in [-0.05, 0) is 5.56 Å². The van der Waals surface area contributed by atoms with E-state index in [1.807, 2.05) is 6.07 Å². The lowest BCUT2D eigenvalue weighted by molar-refractivity contribution is -0.908. The lowest BCUT2D eigenvalue weighted by Crippen LogP contribution is -3.14. The van der Waals surface area contributed by atoms with E-state index in [1.165, 1.54) is 12.1 Å². The molecule has 6 heteroatoms. The summed E-state index contributed by atoms with van der Waals surface area (Å²) in [5.41, 5.74) is 0.879. The Hall–Kier alpha value is -1.79. The van der Waals surface area contributed by atoms with Crippen molar-refractivity contribution in [2.24, 2.45) is 4.99 Å². The molecule has 0 aromatic heterocycles. The van der Waals surface area contributed by atoms with Crippen LogP contribution in [0, 0.1) is 10.1 Å². The Kier molecular flexibility index (Phi) is 5.64. The van der Waals surface area contributed by atoms with Gasteiger partial charge in [0.2, 0.25) is 0 Å². The summed E-state index contributed by atoms with van der Waals surface area (Å²) in [5.74, 6) is 0. The molecule has 1 aliphatic heterocycles.